The largest absolute Gasteiger partial charge is 0.461 e. The quantitative estimate of drug-likeness (QED) is 0.0573. The van der Waals surface area contributed by atoms with Crippen LogP contribution >= 0.6 is 0 Å². The summed E-state index contributed by atoms with van der Waals surface area (Å²) >= 11 is 0. The van der Waals surface area contributed by atoms with E-state index in [4.69, 9.17) is 37.9 Å². The van der Waals surface area contributed by atoms with Crippen LogP contribution in [0.2, 0.25) is 0 Å². The van der Waals surface area contributed by atoms with Gasteiger partial charge in [-0.15, -0.1) is 0 Å². The number of aliphatic imine (C=N–C) groups is 1. The summed E-state index contributed by atoms with van der Waals surface area (Å²) in [4.78, 5) is 121. The maximum absolute atomic E-state index is 13.2. The average molecular weight is 1130 g/mol. The first-order valence-electron chi connectivity index (χ1n) is 29.1. The highest BCUT2D eigenvalue weighted by atomic mass is 16.7. The van der Waals surface area contributed by atoms with Crippen molar-refractivity contribution in [2.24, 2.45) is 67.6 Å². The monoisotopic (exact) mass is 1130 g/mol. The van der Waals surface area contributed by atoms with Crippen molar-refractivity contribution in [3.63, 3.8) is 0 Å². The molecule has 0 aromatic carbocycles. The fraction of sp³-hybridized carbons (Fsp3) is 0.833. The van der Waals surface area contributed by atoms with Gasteiger partial charge in [0.25, 0.3) is 0 Å². The van der Waals surface area contributed by atoms with Crippen molar-refractivity contribution in [1.82, 2.24) is 10.6 Å². The number of carbonyl (C=O) groups excluding carboxylic acids is 9. The first-order valence-corrected chi connectivity index (χ1v) is 29.1. The van der Waals surface area contributed by atoms with Crippen molar-refractivity contribution >= 4 is 59.6 Å². The fourth-order valence-electron chi connectivity index (χ4n) is 17.9. The SMILES string of the molecule is CC(=O)NC(=N[C@H]1C(OC[C@H](OC(C)=O)[C@H](OC(C)=O)[C@@H](CCC(C)[C@H]2CC[C@]3(C)[C@H]4CC[C@@H]5[C@@]6(C)CCCC(C)(C)[C@@H]6CC[C@@]5(C)[C@]4(C)CC[C@@H]23)OC(C)=O)[C@@](COC(C)=O)(OC(C)=O)[C@@H](OC(C)=O)[C@@H]1OC(C)=O)NC(C)=O. The van der Waals surface area contributed by atoms with Crippen LogP contribution in [-0.2, 0) is 81.0 Å². The Balaban J connectivity index is 1.33. The second-order valence-corrected chi connectivity index (χ2v) is 26.3. The number of amides is 2. The van der Waals surface area contributed by atoms with Crippen molar-refractivity contribution in [1.29, 1.82) is 0 Å². The lowest BCUT2D eigenvalue weighted by atomic mass is 9.32. The Morgan fingerprint density at radius 3 is 1.65 bits per heavy atom. The zero-order chi connectivity index (χ0) is 59.7. The molecular formula is C60H93N3O17. The Labute approximate surface area is 473 Å². The molecule has 450 valence electrons. The van der Waals surface area contributed by atoms with Crippen molar-refractivity contribution in [2.45, 2.75) is 243 Å². The Morgan fingerprint density at radius 1 is 0.550 bits per heavy atom. The topological polar surface area (TPSA) is 264 Å². The summed E-state index contributed by atoms with van der Waals surface area (Å²) in [6.45, 7) is 25.9. The maximum atomic E-state index is 13.2. The Kier molecular flexibility index (Phi) is 19.8. The van der Waals surface area contributed by atoms with Crippen molar-refractivity contribution in [2.75, 3.05) is 13.2 Å². The molecule has 2 amide bonds. The number of rotatable bonds is 18. The smallest absolute Gasteiger partial charge is 0.303 e. The van der Waals surface area contributed by atoms with Gasteiger partial charge in [-0.3, -0.25) is 53.8 Å². The van der Waals surface area contributed by atoms with Crippen molar-refractivity contribution < 1.29 is 81.0 Å². The molecule has 6 rings (SSSR count). The fourth-order valence-corrected chi connectivity index (χ4v) is 17.9. The number of guanidine groups is 1. The highest BCUT2D eigenvalue weighted by Gasteiger charge is 2.71. The summed E-state index contributed by atoms with van der Waals surface area (Å²) in [7, 11) is 0. The number of nitrogens with zero attached hydrogens (tertiary/aromatic N) is 1. The molecule has 2 N–H and O–H groups in total. The van der Waals surface area contributed by atoms with Crippen LogP contribution in [0.25, 0.3) is 0 Å². The lowest BCUT2D eigenvalue weighted by molar-refractivity contribution is -0.241. The molecule has 6 aliphatic rings. The summed E-state index contributed by atoms with van der Waals surface area (Å²) < 4.78 is 47.3. The second-order valence-electron chi connectivity index (χ2n) is 26.3. The standard InChI is InChI=1S/C60H93N3O17/c1-32(42-22-27-56(13)43(42)23-28-58(15)47(56)20-21-48-57(14)26-17-25-55(11,12)46(57)24-29-59(48,58)16)18-19-44(75-36(5)67)50(77-38(7)69)45(76-37(6)68)30-73-52-49(63-54(61-33(2)64)62-34(3)65)51(78-39(8)70)53(79-40(9)71)60(52,80-41(10)72)31-74-35(4)66/h32,42-53H,17-31H2,1-16H3,(H2,61,62,63,64,65)/t32?,42-,43+,44-,45+,46+,47-,48-,49-,50-,51-,52?,53+,56+,57+,58-,59-,60-/m1/s1. The van der Waals surface area contributed by atoms with E-state index in [0.29, 0.717) is 40.9 Å². The minimum Gasteiger partial charge on any atom is -0.461 e. The van der Waals surface area contributed by atoms with Gasteiger partial charge >= 0.3 is 41.8 Å². The third-order valence-corrected chi connectivity index (χ3v) is 20.7. The average Bonchev–Trinajstić information content (AvgIpc) is 3.76. The number of carbonyl (C=O) groups is 9. The van der Waals surface area contributed by atoms with Crippen LogP contribution in [0.1, 0.15) is 194 Å². The number of hydrogen-bond donors (Lipinski definition) is 2. The Hall–Kier alpha value is -5.14. The lowest BCUT2D eigenvalue weighted by Crippen LogP contribution is -2.65. The summed E-state index contributed by atoms with van der Waals surface area (Å²) in [6, 6.07) is -1.71. The van der Waals surface area contributed by atoms with E-state index in [9.17, 15) is 43.2 Å². The Morgan fingerprint density at radius 2 is 1.11 bits per heavy atom. The first kappa shape index (κ1) is 64.0. The molecule has 0 bridgehead atoms. The summed E-state index contributed by atoms with van der Waals surface area (Å²) in [5.41, 5.74) is -1.12. The van der Waals surface area contributed by atoms with Gasteiger partial charge in [-0.1, -0.05) is 54.9 Å². The molecule has 0 spiro atoms. The van der Waals surface area contributed by atoms with E-state index < -0.39 is 121 Å². The predicted octanol–water partition coefficient (Wildman–Crippen LogP) is 7.81. The minimum absolute atomic E-state index is 0.136. The van der Waals surface area contributed by atoms with Crippen LogP contribution < -0.4 is 10.6 Å². The molecule has 0 aromatic rings. The molecule has 0 radical (unpaired) electrons. The number of nitrogens with one attached hydrogen (secondary N) is 2. The molecule has 0 saturated heterocycles. The Bertz CT molecular complexity index is 2390. The molecule has 20 heteroatoms. The van der Waals surface area contributed by atoms with Crippen LogP contribution in [0.3, 0.4) is 0 Å². The van der Waals surface area contributed by atoms with Crippen LogP contribution in [0.4, 0.5) is 0 Å². The molecular weight excluding hydrogens is 1030 g/mol. The number of esters is 7. The molecule has 80 heavy (non-hydrogen) atoms. The summed E-state index contributed by atoms with van der Waals surface area (Å²) in [5, 5.41) is 4.75. The van der Waals surface area contributed by atoms with Gasteiger partial charge in [-0.2, -0.15) is 0 Å². The third-order valence-electron chi connectivity index (χ3n) is 20.7. The van der Waals surface area contributed by atoms with Gasteiger partial charge in [-0.05, 0) is 140 Å². The zero-order valence-corrected chi connectivity index (χ0v) is 50.5. The van der Waals surface area contributed by atoms with Crippen LogP contribution in [0.5, 0.6) is 0 Å². The number of ether oxygens (including phenoxy) is 8. The van der Waals surface area contributed by atoms with Gasteiger partial charge in [0.05, 0.1) is 6.61 Å². The summed E-state index contributed by atoms with van der Waals surface area (Å²) in [5.74, 6) is -5.14. The van der Waals surface area contributed by atoms with Crippen LogP contribution in [0, 0.1) is 62.6 Å². The van der Waals surface area contributed by atoms with Crippen molar-refractivity contribution in [3.05, 3.63) is 0 Å². The molecule has 18 atom stereocenters. The van der Waals surface area contributed by atoms with Crippen LogP contribution in [-0.4, -0.2) is 121 Å². The zero-order valence-electron chi connectivity index (χ0n) is 50.5. The molecule has 20 nitrogen and oxygen atoms in total. The van der Waals surface area contributed by atoms with E-state index in [1.807, 2.05) is 0 Å². The third kappa shape index (κ3) is 13.0. The first-order chi connectivity index (χ1) is 37.1. The predicted molar refractivity (Wildman–Crippen MR) is 290 cm³/mol. The van der Waals surface area contributed by atoms with Gasteiger partial charge in [0.15, 0.2) is 24.4 Å². The van der Waals surface area contributed by atoms with E-state index in [2.05, 4.69) is 64.1 Å². The van der Waals surface area contributed by atoms with Gasteiger partial charge in [0, 0.05) is 62.3 Å². The number of fused-ring (bicyclic) bond motifs is 7. The molecule has 6 aliphatic carbocycles. The lowest BCUT2D eigenvalue weighted by Gasteiger charge is -2.73. The molecule has 0 aliphatic heterocycles. The van der Waals surface area contributed by atoms with Crippen molar-refractivity contribution in [3.8, 4) is 0 Å². The van der Waals surface area contributed by atoms with Gasteiger partial charge in [-0.25, -0.2) is 4.99 Å². The van der Waals surface area contributed by atoms with E-state index >= 15 is 0 Å². The molecule has 2 unspecified atom stereocenters. The van der Waals surface area contributed by atoms with E-state index in [-0.39, 0.29) is 28.6 Å². The molecule has 6 fully saturated rings. The maximum Gasteiger partial charge on any atom is 0.303 e. The van der Waals surface area contributed by atoms with E-state index in [1.54, 1.807) is 0 Å². The highest BCUT2D eigenvalue weighted by molar-refractivity contribution is 6.03. The van der Waals surface area contributed by atoms with E-state index in [0.717, 1.165) is 80.6 Å². The van der Waals surface area contributed by atoms with Gasteiger partial charge < -0.3 is 37.9 Å². The second kappa shape index (κ2) is 24.8. The molecule has 6 saturated carbocycles. The van der Waals surface area contributed by atoms with E-state index in [1.165, 1.54) is 58.3 Å². The van der Waals surface area contributed by atoms with Gasteiger partial charge in [0.1, 0.15) is 24.9 Å². The highest BCUT2D eigenvalue weighted by Crippen LogP contribution is 2.78. The van der Waals surface area contributed by atoms with Crippen LogP contribution in [0.15, 0.2) is 4.99 Å². The number of hydrogen-bond acceptors (Lipinski definition) is 18. The molecule has 0 aromatic heterocycles. The molecule has 0 heterocycles. The normalized spacial score (nSPS) is 36.2. The minimum atomic E-state index is -2.44. The summed E-state index contributed by atoms with van der Waals surface area (Å²) in [6.07, 6.45) is 4.45. The van der Waals surface area contributed by atoms with Gasteiger partial charge in [0.2, 0.25) is 23.4 Å².